The number of hydrogen-bond donors (Lipinski definition) is 2. The van der Waals surface area contributed by atoms with Crippen molar-refractivity contribution in [2.75, 3.05) is 0 Å². The maximum absolute atomic E-state index is 12.2. The van der Waals surface area contributed by atoms with Crippen LogP contribution >= 0.6 is 0 Å². The van der Waals surface area contributed by atoms with Gasteiger partial charge in [0.05, 0.1) is 6.04 Å². The predicted octanol–water partition coefficient (Wildman–Crippen LogP) is 2.79. The minimum absolute atomic E-state index is 0.137. The number of aromatic amines is 1. The van der Waals surface area contributed by atoms with Crippen LogP contribution in [0, 0.1) is 20.8 Å². The molecule has 1 aromatic carbocycles. The normalized spacial score (nSPS) is 12.0. The van der Waals surface area contributed by atoms with E-state index in [0.29, 0.717) is 0 Å². The van der Waals surface area contributed by atoms with Gasteiger partial charge in [-0.1, -0.05) is 23.8 Å². The van der Waals surface area contributed by atoms with Gasteiger partial charge in [-0.15, -0.1) is 0 Å². The van der Waals surface area contributed by atoms with E-state index >= 15 is 0 Å². The molecule has 0 spiro atoms. The molecule has 0 saturated carbocycles. The highest BCUT2D eigenvalue weighted by Crippen LogP contribution is 2.19. The molecular weight excluding hydrogens is 264 g/mol. The fraction of sp³-hybridized carbons (Fsp3) is 0.294. The van der Waals surface area contributed by atoms with Crippen LogP contribution in [-0.4, -0.2) is 10.9 Å². The number of aromatic nitrogens is 1. The second-order valence-electron chi connectivity index (χ2n) is 5.44. The lowest BCUT2D eigenvalue weighted by Gasteiger charge is -2.17. The lowest BCUT2D eigenvalue weighted by molar-refractivity contribution is 0.0938. The monoisotopic (exact) mass is 284 g/mol. The summed E-state index contributed by atoms with van der Waals surface area (Å²) in [5, 5.41) is 2.88. The average molecular weight is 284 g/mol. The van der Waals surface area contributed by atoms with Crippen molar-refractivity contribution in [2.24, 2.45) is 0 Å². The Morgan fingerprint density at radius 2 is 1.86 bits per heavy atom. The van der Waals surface area contributed by atoms with E-state index in [1.54, 1.807) is 19.1 Å². The third-order valence-corrected chi connectivity index (χ3v) is 3.55. The summed E-state index contributed by atoms with van der Waals surface area (Å²) in [5.41, 5.74) is 3.83. The zero-order valence-corrected chi connectivity index (χ0v) is 12.8. The number of amides is 1. The zero-order valence-electron chi connectivity index (χ0n) is 12.8. The Labute approximate surface area is 124 Å². The van der Waals surface area contributed by atoms with E-state index in [0.717, 1.165) is 22.4 Å². The number of hydrogen-bond acceptors (Lipinski definition) is 2. The summed E-state index contributed by atoms with van der Waals surface area (Å²) in [4.78, 5) is 26.7. The molecule has 21 heavy (non-hydrogen) atoms. The molecule has 0 unspecified atom stereocenters. The molecule has 4 nitrogen and oxygen atoms in total. The lowest BCUT2D eigenvalue weighted by Crippen LogP contribution is -2.32. The summed E-state index contributed by atoms with van der Waals surface area (Å²) in [6, 6.07) is 9.25. The van der Waals surface area contributed by atoms with Crippen LogP contribution in [0.5, 0.6) is 0 Å². The van der Waals surface area contributed by atoms with Crippen LogP contribution in [0.25, 0.3) is 0 Å². The summed E-state index contributed by atoms with van der Waals surface area (Å²) >= 11 is 0. The van der Waals surface area contributed by atoms with E-state index in [-0.39, 0.29) is 23.1 Å². The van der Waals surface area contributed by atoms with Crippen molar-refractivity contribution < 1.29 is 4.79 Å². The molecule has 1 heterocycles. The Kier molecular flexibility index (Phi) is 4.26. The summed E-state index contributed by atoms with van der Waals surface area (Å²) < 4.78 is 0. The molecule has 0 fully saturated rings. The first-order valence-corrected chi connectivity index (χ1v) is 6.96. The van der Waals surface area contributed by atoms with E-state index in [1.165, 1.54) is 0 Å². The van der Waals surface area contributed by atoms with Gasteiger partial charge in [0.1, 0.15) is 5.56 Å². The highest BCUT2D eigenvalue weighted by Gasteiger charge is 2.15. The zero-order chi connectivity index (χ0) is 15.6. The van der Waals surface area contributed by atoms with Crippen LogP contribution in [0.4, 0.5) is 0 Å². The molecule has 1 amide bonds. The molecule has 110 valence electrons. The maximum atomic E-state index is 12.2. The van der Waals surface area contributed by atoms with Crippen molar-refractivity contribution in [3.63, 3.8) is 0 Å². The predicted molar refractivity (Wildman–Crippen MR) is 83.6 cm³/mol. The molecule has 2 rings (SSSR count). The van der Waals surface area contributed by atoms with Crippen LogP contribution in [0.1, 0.15) is 45.7 Å². The van der Waals surface area contributed by atoms with E-state index < -0.39 is 0 Å². The fourth-order valence-corrected chi connectivity index (χ4v) is 2.33. The highest BCUT2D eigenvalue weighted by molar-refractivity contribution is 5.94. The van der Waals surface area contributed by atoms with E-state index in [2.05, 4.69) is 16.4 Å². The lowest BCUT2D eigenvalue weighted by atomic mass is 10.00. The van der Waals surface area contributed by atoms with Crippen molar-refractivity contribution >= 4 is 5.91 Å². The maximum Gasteiger partial charge on any atom is 0.260 e. The SMILES string of the molecule is Cc1ccc(C)c([C@H](C)NC(=O)c2ccc(C)[nH]c2=O)c1. The molecule has 0 bridgehead atoms. The minimum atomic E-state index is -0.360. The van der Waals surface area contributed by atoms with Gasteiger partial charge in [-0.2, -0.15) is 0 Å². The first-order chi connectivity index (χ1) is 9.88. The van der Waals surface area contributed by atoms with Gasteiger partial charge in [-0.25, -0.2) is 0 Å². The van der Waals surface area contributed by atoms with Gasteiger partial charge in [-0.05, 0) is 51.0 Å². The Hall–Kier alpha value is -2.36. The third kappa shape index (κ3) is 3.40. The summed E-state index contributed by atoms with van der Waals surface area (Å²) in [6.45, 7) is 7.72. The van der Waals surface area contributed by atoms with Crippen LogP contribution in [0.15, 0.2) is 35.1 Å². The summed E-state index contributed by atoms with van der Waals surface area (Å²) in [6.07, 6.45) is 0. The Balaban J connectivity index is 2.23. The van der Waals surface area contributed by atoms with Crippen LogP contribution in [0.3, 0.4) is 0 Å². The molecule has 1 aromatic heterocycles. The molecule has 4 heteroatoms. The fourth-order valence-electron chi connectivity index (χ4n) is 2.33. The molecule has 0 saturated heterocycles. The first kappa shape index (κ1) is 15.0. The molecule has 2 aromatic rings. The van der Waals surface area contributed by atoms with Gasteiger partial charge in [-0.3, -0.25) is 9.59 Å². The number of H-pyrrole nitrogens is 1. The molecule has 0 aliphatic heterocycles. The second kappa shape index (κ2) is 5.95. The summed E-state index contributed by atoms with van der Waals surface area (Å²) in [7, 11) is 0. The van der Waals surface area contributed by atoms with Crippen LogP contribution in [-0.2, 0) is 0 Å². The molecular formula is C17H20N2O2. The van der Waals surface area contributed by atoms with Gasteiger partial charge >= 0.3 is 0 Å². The molecule has 0 aliphatic carbocycles. The van der Waals surface area contributed by atoms with Crippen LogP contribution < -0.4 is 10.9 Å². The minimum Gasteiger partial charge on any atom is -0.345 e. The molecule has 0 aliphatic rings. The topological polar surface area (TPSA) is 62.0 Å². The van der Waals surface area contributed by atoms with Crippen molar-refractivity contribution in [3.8, 4) is 0 Å². The Morgan fingerprint density at radius 1 is 1.14 bits per heavy atom. The number of carbonyl (C=O) groups is 1. The van der Waals surface area contributed by atoms with E-state index in [4.69, 9.17) is 0 Å². The number of benzene rings is 1. The van der Waals surface area contributed by atoms with Gasteiger partial charge in [0, 0.05) is 5.69 Å². The van der Waals surface area contributed by atoms with Crippen molar-refractivity contribution in [1.82, 2.24) is 10.3 Å². The number of aryl methyl sites for hydroxylation is 3. The number of carbonyl (C=O) groups excluding carboxylic acids is 1. The molecule has 0 radical (unpaired) electrons. The molecule has 1 atom stereocenters. The van der Waals surface area contributed by atoms with Gasteiger partial charge in [0.2, 0.25) is 0 Å². The van der Waals surface area contributed by atoms with Gasteiger partial charge in [0.15, 0.2) is 0 Å². The third-order valence-electron chi connectivity index (χ3n) is 3.55. The quantitative estimate of drug-likeness (QED) is 0.910. The standard InChI is InChI=1S/C17H20N2O2/c1-10-5-6-11(2)15(9-10)13(4)19-17(21)14-8-7-12(3)18-16(14)20/h5-9,13H,1-4H3,(H,18,20)(H,19,21)/t13-/m0/s1. The first-order valence-electron chi connectivity index (χ1n) is 6.96. The smallest absolute Gasteiger partial charge is 0.260 e. The van der Waals surface area contributed by atoms with Crippen molar-refractivity contribution in [1.29, 1.82) is 0 Å². The van der Waals surface area contributed by atoms with Crippen molar-refractivity contribution in [2.45, 2.75) is 33.7 Å². The number of nitrogens with one attached hydrogen (secondary N) is 2. The highest BCUT2D eigenvalue weighted by atomic mass is 16.2. The average Bonchev–Trinajstić information content (AvgIpc) is 2.41. The largest absolute Gasteiger partial charge is 0.345 e. The van der Waals surface area contributed by atoms with Gasteiger partial charge < -0.3 is 10.3 Å². The Morgan fingerprint density at radius 3 is 2.52 bits per heavy atom. The number of pyridine rings is 1. The van der Waals surface area contributed by atoms with Crippen LogP contribution in [0.2, 0.25) is 0 Å². The second-order valence-corrected chi connectivity index (χ2v) is 5.44. The van der Waals surface area contributed by atoms with Gasteiger partial charge in [0.25, 0.3) is 11.5 Å². The summed E-state index contributed by atoms with van der Waals surface area (Å²) in [5.74, 6) is -0.357. The van der Waals surface area contributed by atoms with Crippen molar-refractivity contribution in [3.05, 3.63) is 68.6 Å². The Bertz CT molecular complexity index is 732. The van der Waals surface area contributed by atoms with E-state index in [9.17, 15) is 9.59 Å². The molecule has 2 N–H and O–H groups in total. The number of rotatable bonds is 3. The van der Waals surface area contributed by atoms with E-state index in [1.807, 2.05) is 32.9 Å².